The second-order valence-electron chi connectivity index (χ2n) is 6.32. The van der Waals surface area contributed by atoms with Crippen LogP contribution in [-0.4, -0.2) is 36.3 Å². The van der Waals surface area contributed by atoms with Crippen molar-refractivity contribution in [1.82, 2.24) is 4.90 Å². The molecule has 7 heteroatoms. The summed E-state index contributed by atoms with van der Waals surface area (Å²) in [4.78, 5) is 38.5. The summed E-state index contributed by atoms with van der Waals surface area (Å²) in [6.45, 7) is 0.106. The van der Waals surface area contributed by atoms with Crippen molar-refractivity contribution in [2.75, 3.05) is 19.0 Å². The number of esters is 1. The van der Waals surface area contributed by atoms with Gasteiger partial charge in [-0.25, -0.2) is 4.79 Å². The van der Waals surface area contributed by atoms with E-state index >= 15 is 0 Å². The van der Waals surface area contributed by atoms with E-state index in [1.165, 1.54) is 16.2 Å². The molecule has 148 valence electrons. The monoisotopic (exact) mass is 408 g/mol. The molecule has 0 saturated carbocycles. The molecule has 3 rings (SSSR count). The van der Waals surface area contributed by atoms with Crippen LogP contribution >= 0.6 is 11.3 Å². The number of anilines is 1. The highest BCUT2D eigenvalue weighted by Crippen LogP contribution is 2.15. The predicted molar refractivity (Wildman–Crippen MR) is 112 cm³/mol. The number of carbonyl (C=O) groups is 3. The molecule has 3 aromatic rings. The van der Waals surface area contributed by atoms with Crippen LogP contribution in [0.4, 0.5) is 5.69 Å². The third-order valence-electron chi connectivity index (χ3n) is 4.14. The highest BCUT2D eigenvalue weighted by molar-refractivity contribution is 7.12. The molecule has 1 aromatic heterocycles. The Morgan fingerprint density at radius 2 is 1.69 bits per heavy atom. The summed E-state index contributed by atoms with van der Waals surface area (Å²) >= 11 is 1.35. The molecule has 0 aliphatic heterocycles. The standard InChI is InChI=1S/C22H20N2O4S/c1-24(14-16-6-3-2-4-7-16)20(25)15-28-22(27)17-9-11-18(12-10-17)23-21(26)19-8-5-13-29-19/h2-13H,14-15H2,1H3,(H,23,26). The first-order valence-corrected chi connectivity index (χ1v) is 9.81. The van der Waals surface area contributed by atoms with E-state index in [0.717, 1.165) is 5.56 Å². The van der Waals surface area contributed by atoms with Gasteiger partial charge in [0.25, 0.3) is 11.8 Å². The molecule has 0 unspecified atom stereocenters. The fourth-order valence-electron chi connectivity index (χ4n) is 2.56. The lowest BCUT2D eigenvalue weighted by Gasteiger charge is -2.17. The van der Waals surface area contributed by atoms with Crippen LogP contribution in [0.2, 0.25) is 0 Å². The van der Waals surface area contributed by atoms with Gasteiger partial charge in [-0.15, -0.1) is 11.3 Å². The number of nitrogens with one attached hydrogen (secondary N) is 1. The maximum Gasteiger partial charge on any atom is 0.338 e. The molecular formula is C22H20N2O4S. The van der Waals surface area contributed by atoms with Gasteiger partial charge in [-0.2, -0.15) is 0 Å². The Morgan fingerprint density at radius 3 is 2.34 bits per heavy atom. The second-order valence-corrected chi connectivity index (χ2v) is 7.27. The zero-order valence-corrected chi connectivity index (χ0v) is 16.6. The lowest BCUT2D eigenvalue weighted by atomic mass is 10.2. The van der Waals surface area contributed by atoms with Gasteiger partial charge in [-0.05, 0) is 41.3 Å². The molecule has 2 aromatic carbocycles. The van der Waals surface area contributed by atoms with E-state index in [1.54, 1.807) is 43.4 Å². The number of nitrogens with zero attached hydrogens (tertiary/aromatic N) is 1. The van der Waals surface area contributed by atoms with E-state index < -0.39 is 5.97 Å². The van der Waals surface area contributed by atoms with Crippen LogP contribution in [0.15, 0.2) is 72.1 Å². The molecule has 0 atom stereocenters. The molecule has 0 radical (unpaired) electrons. The maximum atomic E-state index is 12.2. The predicted octanol–water partition coefficient (Wildman–Crippen LogP) is 3.82. The van der Waals surface area contributed by atoms with Crippen LogP contribution in [0.3, 0.4) is 0 Å². The van der Waals surface area contributed by atoms with Crippen LogP contribution in [0.1, 0.15) is 25.6 Å². The Bertz CT molecular complexity index is 970. The molecule has 0 fully saturated rings. The van der Waals surface area contributed by atoms with Crippen molar-refractivity contribution < 1.29 is 19.1 Å². The number of amides is 2. The highest BCUT2D eigenvalue weighted by Gasteiger charge is 2.14. The SMILES string of the molecule is CN(Cc1ccccc1)C(=O)COC(=O)c1ccc(NC(=O)c2cccs2)cc1. The van der Waals surface area contributed by atoms with Crippen molar-refractivity contribution in [3.8, 4) is 0 Å². The number of rotatable bonds is 7. The zero-order chi connectivity index (χ0) is 20.6. The Kier molecular flexibility index (Phi) is 6.76. The van der Waals surface area contributed by atoms with Crippen LogP contribution < -0.4 is 5.32 Å². The summed E-state index contributed by atoms with van der Waals surface area (Å²) in [6.07, 6.45) is 0. The number of ether oxygens (including phenoxy) is 1. The fraction of sp³-hybridized carbons (Fsp3) is 0.136. The Morgan fingerprint density at radius 1 is 0.966 bits per heavy atom. The normalized spacial score (nSPS) is 10.2. The zero-order valence-electron chi connectivity index (χ0n) is 15.8. The number of likely N-dealkylation sites (N-methyl/N-ethyl adjacent to an activating group) is 1. The van der Waals surface area contributed by atoms with E-state index in [4.69, 9.17) is 4.74 Å². The number of hydrogen-bond donors (Lipinski definition) is 1. The Balaban J connectivity index is 1.49. The van der Waals surface area contributed by atoms with Crippen molar-refractivity contribution >= 4 is 34.8 Å². The fourth-order valence-corrected chi connectivity index (χ4v) is 3.18. The number of thiophene rings is 1. The summed E-state index contributed by atoms with van der Waals surface area (Å²) in [5, 5.41) is 4.58. The van der Waals surface area contributed by atoms with E-state index in [9.17, 15) is 14.4 Å². The first kappa shape index (κ1) is 20.3. The Hall–Kier alpha value is -3.45. The molecular weight excluding hydrogens is 388 g/mol. The minimum absolute atomic E-state index is 0.206. The first-order chi connectivity index (χ1) is 14.0. The van der Waals surface area contributed by atoms with Crippen molar-refractivity contribution in [1.29, 1.82) is 0 Å². The number of benzene rings is 2. The molecule has 0 aliphatic rings. The second kappa shape index (κ2) is 9.66. The van der Waals surface area contributed by atoms with Gasteiger partial charge in [0.2, 0.25) is 0 Å². The average molecular weight is 408 g/mol. The van der Waals surface area contributed by atoms with Gasteiger partial charge in [0.1, 0.15) is 0 Å². The number of hydrogen-bond acceptors (Lipinski definition) is 5. The van der Waals surface area contributed by atoms with Gasteiger partial charge in [0.15, 0.2) is 6.61 Å². The molecule has 29 heavy (non-hydrogen) atoms. The minimum Gasteiger partial charge on any atom is -0.452 e. The molecule has 0 aliphatic carbocycles. The highest BCUT2D eigenvalue weighted by atomic mass is 32.1. The molecule has 6 nitrogen and oxygen atoms in total. The molecule has 1 N–H and O–H groups in total. The quantitative estimate of drug-likeness (QED) is 0.603. The average Bonchev–Trinajstić information content (AvgIpc) is 3.28. The van der Waals surface area contributed by atoms with Gasteiger partial charge < -0.3 is 15.0 Å². The topological polar surface area (TPSA) is 75.7 Å². The number of carbonyl (C=O) groups excluding carboxylic acids is 3. The molecule has 0 saturated heterocycles. The lowest BCUT2D eigenvalue weighted by molar-refractivity contribution is -0.133. The lowest BCUT2D eigenvalue weighted by Crippen LogP contribution is -2.30. The van der Waals surface area contributed by atoms with Crippen LogP contribution in [-0.2, 0) is 16.1 Å². The summed E-state index contributed by atoms with van der Waals surface area (Å²) < 4.78 is 5.11. The summed E-state index contributed by atoms with van der Waals surface area (Å²) in [7, 11) is 1.66. The van der Waals surface area contributed by atoms with Crippen molar-refractivity contribution in [3.63, 3.8) is 0 Å². The summed E-state index contributed by atoms with van der Waals surface area (Å²) in [6, 6.07) is 19.4. The van der Waals surface area contributed by atoms with E-state index in [-0.39, 0.29) is 18.4 Å². The van der Waals surface area contributed by atoms with Crippen LogP contribution in [0, 0.1) is 0 Å². The van der Waals surface area contributed by atoms with Gasteiger partial charge in [0, 0.05) is 19.3 Å². The van der Waals surface area contributed by atoms with E-state index in [1.807, 2.05) is 35.7 Å². The van der Waals surface area contributed by atoms with Gasteiger partial charge in [0.05, 0.1) is 10.4 Å². The molecule has 2 amide bonds. The third-order valence-corrected chi connectivity index (χ3v) is 5.01. The van der Waals surface area contributed by atoms with Gasteiger partial charge in [-0.3, -0.25) is 9.59 Å². The van der Waals surface area contributed by atoms with E-state index in [2.05, 4.69) is 5.32 Å². The minimum atomic E-state index is -0.595. The van der Waals surface area contributed by atoms with Crippen molar-refractivity contribution in [2.24, 2.45) is 0 Å². The van der Waals surface area contributed by atoms with Crippen LogP contribution in [0.25, 0.3) is 0 Å². The smallest absolute Gasteiger partial charge is 0.338 e. The summed E-state index contributed by atoms with van der Waals surface area (Å²) in [5.74, 6) is -1.09. The third kappa shape index (κ3) is 5.76. The largest absolute Gasteiger partial charge is 0.452 e. The summed E-state index contributed by atoms with van der Waals surface area (Å²) in [5.41, 5.74) is 1.87. The van der Waals surface area contributed by atoms with Crippen molar-refractivity contribution in [2.45, 2.75) is 6.54 Å². The van der Waals surface area contributed by atoms with Gasteiger partial charge in [-0.1, -0.05) is 36.4 Å². The van der Waals surface area contributed by atoms with Gasteiger partial charge >= 0.3 is 5.97 Å². The van der Waals surface area contributed by atoms with Crippen LogP contribution in [0.5, 0.6) is 0 Å². The molecule has 1 heterocycles. The van der Waals surface area contributed by atoms with Crippen molar-refractivity contribution in [3.05, 3.63) is 88.1 Å². The first-order valence-electron chi connectivity index (χ1n) is 8.93. The Labute approximate surface area is 172 Å². The maximum absolute atomic E-state index is 12.2. The van der Waals surface area contributed by atoms with E-state index in [0.29, 0.717) is 22.7 Å². The molecule has 0 spiro atoms. The molecule has 0 bridgehead atoms.